The number of nitrogens with two attached hydrogens (primary N) is 1. The summed E-state index contributed by atoms with van der Waals surface area (Å²) in [4.78, 5) is 26.1. The molecule has 0 radical (unpaired) electrons. The van der Waals surface area contributed by atoms with Crippen LogP contribution in [0.4, 0.5) is 4.79 Å². The third-order valence-corrected chi connectivity index (χ3v) is 4.16. The van der Waals surface area contributed by atoms with E-state index in [1.807, 2.05) is 4.90 Å². The van der Waals surface area contributed by atoms with E-state index in [4.69, 9.17) is 10.8 Å². The minimum absolute atomic E-state index is 0.0413. The van der Waals surface area contributed by atoms with Gasteiger partial charge in [-0.25, -0.2) is 4.79 Å². The van der Waals surface area contributed by atoms with Crippen molar-refractivity contribution in [1.29, 1.82) is 0 Å². The number of likely N-dealkylation sites (tertiary alicyclic amines) is 1. The van der Waals surface area contributed by atoms with E-state index < -0.39 is 12.1 Å². The van der Waals surface area contributed by atoms with Crippen molar-refractivity contribution < 1.29 is 14.7 Å². The summed E-state index contributed by atoms with van der Waals surface area (Å²) in [6.07, 6.45) is 3.35. The van der Waals surface area contributed by atoms with Crippen molar-refractivity contribution in [3.63, 3.8) is 0 Å². The highest BCUT2D eigenvalue weighted by Crippen LogP contribution is 2.27. The number of likely N-dealkylation sites (N-methyl/N-ethyl adjacent to an activating group) is 1. The molecular formula is C12H21N3O3. The quantitative estimate of drug-likeness (QED) is 0.750. The second kappa shape index (κ2) is 5.14. The van der Waals surface area contributed by atoms with Gasteiger partial charge in [0.25, 0.3) is 0 Å². The van der Waals surface area contributed by atoms with E-state index in [-0.39, 0.29) is 18.0 Å². The monoisotopic (exact) mass is 255 g/mol. The molecule has 0 unspecified atom stereocenters. The fourth-order valence-corrected chi connectivity index (χ4v) is 2.95. The van der Waals surface area contributed by atoms with Gasteiger partial charge in [-0.15, -0.1) is 0 Å². The Hall–Kier alpha value is -1.30. The van der Waals surface area contributed by atoms with E-state index in [1.54, 1.807) is 0 Å². The number of amides is 2. The fraction of sp³-hybridized carbons (Fsp3) is 0.833. The van der Waals surface area contributed by atoms with E-state index >= 15 is 0 Å². The molecule has 2 rings (SSSR count). The molecule has 6 heteroatoms. The highest BCUT2D eigenvalue weighted by molar-refractivity contribution is 5.87. The van der Waals surface area contributed by atoms with Crippen molar-refractivity contribution in [3.8, 4) is 0 Å². The van der Waals surface area contributed by atoms with Crippen LogP contribution in [0.5, 0.6) is 0 Å². The van der Waals surface area contributed by atoms with Crippen molar-refractivity contribution in [3.05, 3.63) is 0 Å². The van der Waals surface area contributed by atoms with Crippen LogP contribution in [0.15, 0.2) is 0 Å². The van der Waals surface area contributed by atoms with Gasteiger partial charge in [-0.05, 0) is 32.1 Å². The average molecular weight is 255 g/mol. The van der Waals surface area contributed by atoms with Crippen LogP contribution in [-0.4, -0.2) is 58.6 Å². The van der Waals surface area contributed by atoms with Crippen LogP contribution in [0.25, 0.3) is 0 Å². The molecule has 2 aliphatic rings. The van der Waals surface area contributed by atoms with Gasteiger partial charge in [0, 0.05) is 25.7 Å². The molecule has 1 atom stereocenters. The zero-order valence-electron chi connectivity index (χ0n) is 10.7. The van der Waals surface area contributed by atoms with Gasteiger partial charge in [-0.3, -0.25) is 9.69 Å². The lowest BCUT2D eigenvalue weighted by molar-refractivity contribution is -0.133. The molecule has 6 nitrogen and oxygen atoms in total. The molecule has 1 heterocycles. The van der Waals surface area contributed by atoms with Crippen molar-refractivity contribution in [2.24, 2.45) is 5.73 Å². The predicted molar refractivity (Wildman–Crippen MR) is 66.1 cm³/mol. The molecule has 1 saturated heterocycles. The maximum atomic E-state index is 12.2. The first-order valence-corrected chi connectivity index (χ1v) is 6.52. The molecule has 1 saturated carbocycles. The predicted octanol–water partition coefficient (Wildman–Crippen LogP) is 0.467. The molecule has 0 aromatic carbocycles. The minimum atomic E-state index is -1.04. The van der Waals surface area contributed by atoms with Crippen LogP contribution in [0.3, 0.4) is 0 Å². The average Bonchev–Trinajstić information content (AvgIpc) is 2.71. The van der Waals surface area contributed by atoms with E-state index in [0.717, 1.165) is 30.6 Å². The lowest BCUT2D eigenvalue weighted by Crippen LogP contribution is -2.46. The minimum Gasteiger partial charge on any atom is -0.465 e. The Morgan fingerprint density at radius 1 is 1.33 bits per heavy atom. The molecule has 2 amide bonds. The smallest absolute Gasteiger partial charge is 0.407 e. The molecule has 0 aromatic heterocycles. The van der Waals surface area contributed by atoms with Crippen molar-refractivity contribution in [2.75, 3.05) is 13.6 Å². The van der Waals surface area contributed by atoms with E-state index in [0.29, 0.717) is 13.0 Å². The lowest BCUT2D eigenvalue weighted by Gasteiger charge is -2.33. The molecule has 102 valence electrons. The van der Waals surface area contributed by atoms with E-state index in [9.17, 15) is 9.59 Å². The molecule has 0 spiro atoms. The summed E-state index contributed by atoms with van der Waals surface area (Å²) in [7, 11) is 1.46. The van der Waals surface area contributed by atoms with E-state index in [1.165, 1.54) is 7.05 Å². The maximum absolute atomic E-state index is 12.2. The first kappa shape index (κ1) is 13.1. The third-order valence-electron chi connectivity index (χ3n) is 4.16. The van der Waals surface area contributed by atoms with Gasteiger partial charge in [-0.2, -0.15) is 0 Å². The summed E-state index contributed by atoms with van der Waals surface area (Å²) in [5.74, 6) is -0.0413. The molecule has 0 aromatic rings. The van der Waals surface area contributed by atoms with Gasteiger partial charge in [0.2, 0.25) is 5.91 Å². The first-order valence-electron chi connectivity index (χ1n) is 6.52. The van der Waals surface area contributed by atoms with Crippen LogP contribution < -0.4 is 5.73 Å². The number of carbonyl (C=O) groups is 2. The zero-order valence-corrected chi connectivity index (χ0v) is 10.7. The Balaban J connectivity index is 1.97. The van der Waals surface area contributed by atoms with Gasteiger partial charge >= 0.3 is 6.09 Å². The number of rotatable bonds is 2. The summed E-state index contributed by atoms with van der Waals surface area (Å²) in [5.41, 5.74) is 5.86. The summed E-state index contributed by atoms with van der Waals surface area (Å²) in [5, 5.41) is 8.93. The molecule has 1 aliphatic carbocycles. The summed E-state index contributed by atoms with van der Waals surface area (Å²) in [6, 6.07) is 0.0130. The zero-order chi connectivity index (χ0) is 13.3. The Morgan fingerprint density at radius 2 is 1.94 bits per heavy atom. The van der Waals surface area contributed by atoms with Crippen molar-refractivity contribution >= 4 is 12.0 Å². The van der Waals surface area contributed by atoms with Gasteiger partial charge in [0.1, 0.15) is 6.04 Å². The number of hydrogen-bond acceptors (Lipinski definition) is 3. The van der Waals surface area contributed by atoms with Crippen LogP contribution in [0.2, 0.25) is 0 Å². The normalized spacial score (nSPS) is 32.7. The van der Waals surface area contributed by atoms with Crippen molar-refractivity contribution in [2.45, 2.75) is 50.2 Å². The van der Waals surface area contributed by atoms with Gasteiger partial charge in [0.05, 0.1) is 0 Å². The van der Waals surface area contributed by atoms with Crippen LogP contribution in [0, 0.1) is 0 Å². The second-order valence-corrected chi connectivity index (χ2v) is 5.30. The summed E-state index contributed by atoms with van der Waals surface area (Å²) < 4.78 is 0. The van der Waals surface area contributed by atoms with Crippen molar-refractivity contribution in [1.82, 2.24) is 9.80 Å². The van der Waals surface area contributed by atoms with Gasteiger partial charge in [0.15, 0.2) is 0 Å². The van der Waals surface area contributed by atoms with E-state index in [2.05, 4.69) is 0 Å². The molecule has 1 aliphatic heterocycles. The fourth-order valence-electron chi connectivity index (χ4n) is 2.95. The standard InChI is InChI=1S/C12H21N3O3/c1-14(12(17)18)10-6-7-15(11(10)16)9-4-2-8(13)3-5-9/h8-10H,2-7,13H2,1H3,(H,17,18)/t8?,9?,10-/m1/s1. The number of carbonyl (C=O) groups excluding carboxylic acids is 1. The van der Waals surface area contributed by atoms with Crippen LogP contribution >= 0.6 is 0 Å². The molecular weight excluding hydrogens is 234 g/mol. The highest BCUT2D eigenvalue weighted by Gasteiger charge is 2.40. The topological polar surface area (TPSA) is 86.9 Å². The number of carboxylic acid groups (broad SMARTS) is 1. The molecule has 0 bridgehead atoms. The SMILES string of the molecule is CN(C(=O)O)[C@@H]1CCN(C2CCC(N)CC2)C1=O. The molecule has 18 heavy (non-hydrogen) atoms. The first-order chi connectivity index (χ1) is 8.50. The Labute approximate surface area is 107 Å². The Morgan fingerprint density at radius 3 is 2.50 bits per heavy atom. The number of nitrogens with zero attached hydrogens (tertiary/aromatic N) is 2. The van der Waals surface area contributed by atoms with Gasteiger partial charge < -0.3 is 15.7 Å². The summed E-state index contributed by atoms with van der Waals surface area (Å²) >= 11 is 0. The molecule has 3 N–H and O–H groups in total. The lowest BCUT2D eigenvalue weighted by atomic mass is 9.91. The van der Waals surface area contributed by atoms with Gasteiger partial charge in [-0.1, -0.05) is 0 Å². The Bertz CT molecular complexity index is 339. The van der Waals surface area contributed by atoms with Crippen LogP contribution in [-0.2, 0) is 4.79 Å². The maximum Gasteiger partial charge on any atom is 0.407 e. The third kappa shape index (κ3) is 2.43. The Kier molecular flexibility index (Phi) is 3.75. The summed E-state index contributed by atoms with van der Waals surface area (Å²) in [6.45, 7) is 0.668. The number of hydrogen-bond donors (Lipinski definition) is 2. The highest BCUT2D eigenvalue weighted by atomic mass is 16.4. The molecule has 2 fully saturated rings. The largest absolute Gasteiger partial charge is 0.465 e. The second-order valence-electron chi connectivity index (χ2n) is 5.30. The van der Waals surface area contributed by atoms with Crippen LogP contribution in [0.1, 0.15) is 32.1 Å².